The Kier molecular flexibility index (Phi) is 5.45. The Balaban J connectivity index is 1.73. The maximum absolute atomic E-state index is 12.9. The van der Waals surface area contributed by atoms with Gasteiger partial charge in [0.25, 0.3) is 15.7 Å². The molecule has 0 amide bonds. The number of rotatable bonds is 7. The molecule has 3 rings (SSSR count). The first-order valence-corrected chi connectivity index (χ1v) is 9.40. The van der Waals surface area contributed by atoms with Gasteiger partial charge in [0, 0.05) is 24.9 Å². The van der Waals surface area contributed by atoms with E-state index < -0.39 is 14.9 Å². The van der Waals surface area contributed by atoms with Crippen LogP contribution >= 0.6 is 0 Å². The molecule has 0 spiro atoms. The Morgan fingerprint density at radius 2 is 1.86 bits per heavy atom. The highest BCUT2D eigenvalue weighted by molar-refractivity contribution is 7.92. The van der Waals surface area contributed by atoms with Crippen molar-refractivity contribution in [1.82, 2.24) is 9.97 Å². The molecule has 0 aliphatic carbocycles. The average Bonchev–Trinajstić information content (AvgIpc) is 2.67. The van der Waals surface area contributed by atoms with E-state index in [1.807, 2.05) is 0 Å². The van der Waals surface area contributed by atoms with Crippen LogP contribution < -0.4 is 10.0 Å². The Labute approximate surface area is 159 Å². The molecule has 2 N–H and O–H groups in total. The van der Waals surface area contributed by atoms with Gasteiger partial charge in [-0.1, -0.05) is 18.2 Å². The molecule has 0 saturated carbocycles. The number of benzene rings is 2. The van der Waals surface area contributed by atoms with Crippen LogP contribution in [0.3, 0.4) is 0 Å². The second-order valence-corrected chi connectivity index (χ2v) is 7.29. The van der Waals surface area contributed by atoms with E-state index in [0.29, 0.717) is 6.54 Å². The van der Waals surface area contributed by atoms with Crippen LogP contribution in [-0.2, 0) is 16.6 Å². The van der Waals surface area contributed by atoms with E-state index in [-0.39, 0.29) is 28.2 Å². The number of aromatic nitrogens is 2. The van der Waals surface area contributed by atoms with Crippen molar-refractivity contribution >= 4 is 27.5 Å². The van der Waals surface area contributed by atoms with Gasteiger partial charge in [0.05, 0.1) is 9.82 Å². The Hall–Kier alpha value is -3.60. The van der Waals surface area contributed by atoms with Crippen molar-refractivity contribution in [3.63, 3.8) is 0 Å². The first-order chi connectivity index (χ1) is 13.3. The number of anilines is 2. The van der Waals surface area contributed by atoms with Gasteiger partial charge in [0.2, 0.25) is 5.95 Å². The standard InChI is InChI=1S/C17H14FN5O4S/c18-13-6-4-12(5-7-13)11-20-17-19-9-8-16(21-17)22-28(26,27)15-3-1-2-14(10-15)23(24)25/h1-10H,11H2,(H2,19,20,21,22). The van der Waals surface area contributed by atoms with E-state index in [0.717, 1.165) is 11.6 Å². The van der Waals surface area contributed by atoms with Gasteiger partial charge >= 0.3 is 0 Å². The number of nitrogens with one attached hydrogen (secondary N) is 2. The van der Waals surface area contributed by atoms with E-state index in [1.54, 1.807) is 12.1 Å². The molecule has 144 valence electrons. The summed E-state index contributed by atoms with van der Waals surface area (Å²) in [5, 5.41) is 13.7. The highest BCUT2D eigenvalue weighted by atomic mass is 32.2. The van der Waals surface area contributed by atoms with Crippen molar-refractivity contribution in [2.75, 3.05) is 10.0 Å². The predicted octanol–water partition coefficient (Wildman–Crippen LogP) is 2.94. The molecule has 11 heteroatoms. The highest BCUT2D eigenvalue weighted by Gasteiger charge is 2.18. The summed E-state index contributed by atoms with van der Waals surface area (Å²) >= 11 is 0. The van der Waals surface area contributed by atoms with Gasteiger partial charge in [-0.2, -0.15) is 4.98 Å². The van der Waals surface area contributed by atoms with Crippen LogP contribution in [0.15, 0.2) is 65.7 Å². The Bertz CT molecular complexity index is 1110. The molecule has 1 heterocycles. The second-order valence-electron chi connectivity index (χ2n) is 5.61. The zero-order chi connectivity index (χ0) is 20.1. The third-order valence-corrected chi connectivity index (χ3v) is 4.95. The molecule has 0 unspecified atom stereocenters. The maximum atomic E-state index is 12.9. The first kappa shape index (κ1) is 19.2. The van der Waals surface area contributed by atoms with E-state index in [9.17, 15) is 22.9 Å². The average molecular weight is 403 g/mol. The lowest BCUT2D eigenvalue weighted by molar-refractivity contribution is -0.385. The summed E-state index contributed by atoms with van der Waals surface area (Å²) < 4.78 is 40.1. The molecule has 0 atom stereocenters. The molecule has 0 aliphatic rings. The SMILES string of the molecule is O=[N+]([O-])c1cccc(S(=O)(=O)Nc2ccnc(NCc3ccc(F)cc3)n2)c1. The number of hydrogen-bond donors (Lipinski definition) is 2. The van der Waals surface area contributed by atoms with Gasteiger partial charge in [-0.25, -0.2) is 17.8 Å². The number of halogens is 1. The Morgan fingerprint density at radius 1 is 1.11 bits per heavy atom. The topological polar surface area (TPSA) is 127 Å². The Morgan fingerprint density at radius 3 is 2.57 bits per heavy atom. The van der Waals surface area contributed by atoms with Gasteiger partial charge in [-0.15, -0.1) is 0 Å². The van der Waals surface area contributed by atoms with Crippen molar-refractivity contribution < 1.29 is 17.7 Å². The molecular weight excluding hydrogens is 389 g/mol. The molecule has 3 aromatic rings. The fourth-order valence-electron chi connectivity index (χ4n) is 2.24. The van der Waals surface area contributed by atoms with Crippen LogP contribution in [0.25, 0.3) is 0 Å². The summed E-state index contributed by atoms with van der Waals surface area (Å²) in [6, 6.07) is 11.8. The van der Waals surface area contributed by atoms with E-state index in [2.05, 4.69) is 20.0 Å². The van der Waals surface area contributed by atoms with Crippen molar-refractivity contribution in [3.05, 3.63) is 82.3 Å². The lowest BCUT2D eigenvalue weighted by Gasteiger charge is -2.09. The van der Waals surface area contributed by atoms with Gasteiger partial charge in [0.15, 0.2) is 0 Å². The number of hydrogen-bond acceptors (Lipinski definition) is 7. The predicted molar refractivity (Wildman–Crippen MR) is 99.7 cm³/mol. The van der Waals surface area contributed by atoms with Crippen molar-refractivity contribution in [2.45, 2.75) is 11.4 Å². The lowest BCUT2D eigenvalue weighted by Crippen LogP contribution is -2.15. The fraction of sp³-hybridized carbons (Fsp3) is 0.0588. The minimum atomic E-state index is -4.07. The molecule has 0 aliphatic heterocycles. The smallest absolute Gasteiger partial charge is 0.270 e. The summed E-state index contributed by atoms with van der Waals surface area (Å²) in [6.07, 6.45) is 1.35. The minimum absolute atomic E-state index is 0.0110. The molecule has 2 aromatic carbocycles. The first-order valence-electron chi connectivity index (χ1n) is 7.92. The monoisotopic (exact) mass is 403 g/mol. The lowest BCUT2D eigenvalue weighted by atomic mass is 10.2. The number of nitro benzene ring substituents is 1. The maximum Gasteiger partial charge on any atom is 0.270 e. The van der Waals surface area contributed by atoms with Crippen LogP contribution in [0.2, 0.25) is 0 Å². The molecule has 28 heavy (non-hydrogen) atoms. The second kappa shape index (κ2) is 7.96. The van der Waals surface area contributed by atoms with Crippen LogP contribution in [0.4, 0.5) is 21.8 Å². The number of non-ortho nitro benzene ring substituents is 1. The van der Waals surface area contributed by atoms with Gasteiger partial charge in [-0.3, -0.25) is 14.8 Å². The quantitative estimate of drug-likeness (QED) is 0.459. The van der Waals surface area contributed by atoms with Gasteiger partial charge < -0.3 is 5.32 Å². The summed E-state index contributed by atoms with van der Waals surface area (Å²) in [6.45, 7) is 0.307. The number of sulfonamides is 1. The van der Waals surface area contributed by atoms with Crippen molar-refractivity contribution in [3.8, 4) is 0 Å². The zero-order valence-electron chi connectivity index (χ0n) is 14.2. The molecule has 0 saturated heterocycles. The molecule has 0 fully saturated rings. The zero-order valence-corrected chi connectivity index (χ0v) is 15.1. The fourth-order valence-corrected chi connectivity index (χ4v) is 3.29. The summed E-state index contributed by atoms with van der Waals surface area (Å²) in [5.74, 6) is -0.204. The van der Waals surface area contributed by atoms with Crippen LogP contribution in [-0.4, -0.2) is 23.3 Å². The normalized spacial score (nSPS) is 11.0. The summed E-state index contributed by atoms with van der Waals surface area (Å²) in [4.78, 5) is 17.9. The molecule has 0 bridgehead atoms. The van der Waals surface area contributed by atoms with Crippen LogP contribution in [0, 0.1) is 15.9 Å². The summed E-state index contributed by atoms with van der Waals surface area (Å²) in [7, 11) is -4.07. The molecule has 1 aromatic heterocycles. The van der Waals surface area contributed by atoms with Gasteiger partial charge in [0.1, 0.15) is 11.6 Å². The third-order valence-electron chi connectivity index (χ3n) is 3.60. The van der Waals surface area contributed by atoms with Crippen molar-refractivity contribution in [1.29, 1.82) is 0 Å². The molecule has 0 radical (unpaired) electrons. The van der Waals surface area contributed by atoms with E-state index in [4.69, 9.17) is 0 Å². The van der Waals surface area contributed by atoms with E-state index >= 15 is 0 Å². The summed E-state index contributed by atoms with van der Waals surface area (Å²) in [5.41, 5.74) is 0.444. The van der Waals surface area contributed by atoms with Gasteiger partial charge in [-0.05, 0) is 29.8 Å². The highest BCUT2D eigenvalue weighted by Crippen LogP contribution is 2.20. The largest absolute Gasteiger partial charge is 0.350 e. The number of nitro groups is 1. The molecule has 9 nitrogen and oxygen atoms in total. The van der Waals surface area contributed by atoms with Crippen LogP contribution in [0.5, 0.6) is 0 Å². The van der Waals surface area contributed by atoms with Crippen molar-refractivity contribution in [2.24, 2.45) is 0 Å². The number of nitrogens with zero attached hydrogens (tertiary/aromatic N) is 3. The van der Waals surface area contributed by atoms with Crippen LogP contribution in [0.1, 0.15) is 5.56 Å². The minimum Gasteiger partial charge on any atom is -0.350 e. The molecular formula is C17H14FN5O4S. The third kappa shape index (κ3) is 4.76. The van der Waals surface area contributed by atoms with E-state index in [1.165, 1.54) is 42.6 Å².